The molecule has 0 bridgehead atoms. The summed E-state index contributed by atoms with van der Waals surface area (Å²) in [6, 6.07) is 6.80. The lowest BCUT2D eigenvalue weighted by molar-refractivity contribution is -0.128. The Hall–Kier alpha value is -2.35. The van der Waals surface area contributed by atoms with Crippen molar-refractivity contribution in [2.75, 3.05) is 7.05 Å². The minimum Gasteiger partial charge on any atom is -0.366 e. The number of unbranched alkanes of at least 4 members (excludes halogenated alkanes) is 1. The zero-order valence-electron chi connectivity index (χ0n) is 11.8. The van der Waals surface area contributed by atoms with Crippen LogP contribution < -0.4 is 5.73 Å². The van der Waals surface area contributed by atoms with Crippen LogP contribution in [0.3, 0.4) is 0 Å². The van der Waals surface area contributed by atoms with Gasteiger partial charge >= 0.3 is 0 Å². The molecule has 1 aromatic rings. The third kappa shape index (κ3) is 3.58. The van der Waals surface area contributed by atoms with Gasteiger partial charge in [-0.2, -0.15) is 5.26 Å². The third-order valence-electron chi connectivity index (χ3n) is 3.23. The molecule has 0 saturated heterocycles. The van der Waals surface area contributed by atoms with Crippen LogP contribution in [0.2, 0.25) is 0 Å². The van der Waals surface area contributed by atoms with Crippen molar-refractivity contribution in [1.82, 2.24) is 4.90 Å². The Bertz CT molecular complexity index is 534. The fourth-order valence-electron chi connectivity index (χ4n) is 2.13. The molecule has 0 saturated carbocycles. The Labute approximate surface area is 119 Å². The summed E-state index contributed by atoms with van der Waals surface area (Å²) in [6.45, 7) is 2.02. The summed E-state index contributed by atoms with van der Waals surface area (Å²) < 4.78 is 0. The summed E-state index contributed by atoms with van der Waals surface area (Å²) >= 11 is 0. The number of nitriles is 1. The predicted molar refractivity (Wildman–Crippen MR) is 75.6 cm³/mol. The van der Waals surface area contributed by atoms with Crippen molar-refractivity contribution < 1.29 is 9.59 Å². The van der Waals surface area contributed by atoms with E-state index in [0.29, 0.717) is 17.5 Å². The van der Waals surface area contributed by atoms with E-state index in [-0.39, 0.29) is 5.91 Å². The Morgan fingerprint density at radius 2 is 2.05 bits per heavy atom. The lowest BCUT2D eigenvalue weighted by Crippen LogP contribution is -2.29. The molecule has 0 unspecified atom stereocenters. The predicted octanol–water partition coefficient (Wildman–Crippen LogP) is 2.00. The molecular formula is C15H19N3O2. The van der Waals surface area contributed by atoms with Crippen molar-refractivity contribution in [3.8, 4) is 6.19 Å². The second-order valence-corrected chi connectivity index (χ2v) is 4.64. The standard InChI is InChI=1S/C15H19N3O2/c1-3-4-7-13(15(20)18(2)10-16)11-8-5-6-9-12(11)14(17)19/h5-6,8-9,13H,3-4,7H2,1-2H3,(H2,17,19)/t13-/m0/s1. The average Bonchev–Trinajstić information content (AvgIpc) is 2.46. The SMILES string of the molecule is CCCC[C@H](C(=O)N(C)C#N)c1ccccc1C(N)=O. The summed E-state index contributed by atoms with van der Waals surface area (Å²) in [4.78, 5) is 24.8. The maximum atomic E-state index is 12.3. The number of carbonyl (C=O) groups excluding carboxylic acids is 2. The van der Waals surface area contributed by atoms with Gasteiger partial charge in [-0.15, -0.1) is 0 Å². The van der Waals surface area contributed by atoms with Crippen LogP contribution >= 0.6 is 0 Å². The van der Waals surface area contributed by atoms with Gasteiger partial charge < -0.3 is 5.73 Å². The van der Waals surface area contributed by atoms with Crippen LogP contribution in [-0.2, 0) is 4.79 Å². The highest BCUT2D eigenvalue weighted by atomic mass is 16.2. The van der Waals surface area contributed by atoms with Gasteiger partial charge in [-0.1, -0.05) is 38.0 Å². The quantitative estimate of drug-likeness (QED) is 0.635. The normalized spacial score (nSPS) is 11.4. The first-order valence-electron chi connectivity index (χ1n) is 6.59. The summed E-state index contributed by atoms with van der Waals surface area (Å²) in [5, 5.41) is 8.87. The van der Waals surface area contributed by atoms with Crippen LogP contribution in [0.15, 0.2) is 24.3 Å². The largest absolute Gasteiger partial charge is 0.366 e. The second-order valence-electron chi connectivity index (χ2n) is 4.64. The molecule has 20 heavy (non-hydrogen) atoms. The lowest BCUT2D eigenvalue weighted by Gasteiger charge is -2.20. The second kappa shape index (κ2) is 7.29. The van der Waals surface area contributed by atoms with Gasteiger partial charge in [0.15, 0.2) is 6.19 Å². The molecule has 0 aliphatic heterocycles. The molecule has 0 aromatic heterocycles. The van der Waals surface area contributed by atoms with E-state index in [2.05, 4.69) is 0 Å². The Kier molecular flexibility index (Phi) is 5.73. The van der Waals surface area contributed by atoms with Crippen LogP contribution in [-0.4, -0.2) is 23.8 Å². The first kappa shape index (κ1) is 15.7. The molecular weight excluding hydrogens is 254 g/mol. The number of nitrogens with two attached hydrogens (primary N) is 1. The van der Waals surface area contributed by atoms with Crippen LogP contribution in [0.25, 0.3) is 0 Å². The maximum Gasteiger partial charge on any atom is 0.249 e. The van der Waals surface area contributed by atoms with Crippen molar-refractivity contribution >= 4 is 11.8 Å². The summed E-state index contributed by atoms with van der Waals surface area (Å²) in [6.07, 6.45) is 4.16. The zero-order chi connectivity index (χ0) is 15.1. The molecule has 2 N–H and O–H groups in total. The van der Waals surface area contributed by atoms with Crippen molar-refractivity contribution in [2.45, 2.75) is 32.1 Å². The Balaban J connectivity index is 3.21. The van der Waals surface area contributed by atoms with Crippen LogP contribution in [0, 0.1) is 11.5 Å². The van der Waals surface area contributed by atoms with Crippen LogP contribution in [0.4, 0.5) is 0 Å². The van der Waals surface area contributed by atoms with E-state index in [4.69, 9.17) is 11.0 Å². The minimum absolute atomic E-state index is 0.311. The van der Waals surface area contributed by atoms with Gasteiger partial charge in [-0.3, -0.25) is 14.5 Å². The molecule has 5 heteroatoms. The van der Waals surface area contributed by atoms with Gasteiger partial charge in [0.25, 0.3) is 0 Å². The summed E-state index contributed by atoms with van der Waals surface area (Å²) in [5.74, 6) is -1.38. The van der Waals surface area contributed by atoms with E-state index < -0.39 is 11.8 Å². The van der Waals surface area contributed by atoms with E-state index in [1.807, 2.05) is 13.1 Å². The number of likely N-dealkylation sites (N-methyl/N-ethyl adjacent to an activating group) is 1. The van der Waals surface area contributed by atoms with E-state index in [0.717, 1.165) is 17.7 Å². The fourth-order valence-corrected chi connectivity index (χ4v) is 2.13. The van der Waals surface area contributed by atoms with E-state index in [9.17, 15) is 9.59 Å². The highest BCUT2D eigenvalue weighted by molar-refractivity contribution is 5.97. The molecule has 0 radical (unpaired) electrons. The lowest BCUT2D eigenvalue weighted by atomic mass is 9.88. The van der Waals surface area contributed by atoms with Crippen molar-refractivity contribution in [1.29, 1.82) is 5.26 Å². The van der Waals surface area contributed by atoms with Gasteiger partial charge in [0.2, 0.25) is 11.8 Å². The highest BCUT2D eigenvalue weighted by Crippen LogP contribution is 2.27. The number of primary amides is 1. The molecule has 106 valence electrons. The minimum atomic E-state index is -0.561. The Morgan fingerprint density at radius 3 is 2.60 bits per heavy atom. The molecule has 1 aromatic carbocycles. The van der Waals surface area contributed by atoms with Crippen molar-refractivity contribution in [3.05, 3.63) is 35.4 Å². The van der Waals surface area contributed by atoms with Crippen LogP contribution in [0.1, 0.15) is 48.0 Å². The molecule has 2 amide bonds. The van der Waals surface area contributed by atoms with E-state index in [1.165, 1.54) is 7.05 Å². The first-order chi connectivity index (χ1) is 9.52. The highest BCUT2D eigenvalue weighted by Gasteiger charge is 2.26. The molecule has 1 atom stereocenters. The van der Waals surface area contributed by atoms with Crippen LogP contribution in [0.5, 0.6) is 0 Å². The molecule has 0 heterocycles. The molecule has 1 rings (SSSR count). The Morgan fingerprint density at radius 1 is 1.40 bits per heavy atom. The van der Waals surface area contributed by atoms with Gasteiger partial charge in [0, 0.05) is 12.6 Å². The van der Waals surface area contributed by atoms with Gasteiger partial charge in [-0.05, 0) is 18.1 Å². The third-order valence-corrected chi connectivity index (χ3v) is 3.23. The van der Waals surface area contributed by atoms with Gasteiger partial charge in [0.1, 0.15) is 0 Å². The number of hydrogen-bond donors (Lipinski definition) is 1. The number of carbonyl (C=O) groups is 2. The maximum absolute atomic E-state index is 12.3. The number of rotatable bonds is 6. The van der Waals surface area contributed by atoms with Crippen molar-refractivity contribution in [2.24, 2.45) is 5.73 Å². The fraction of sp³-hybridized carbons (Fsp3) is 0.400. The first-order valence-corrected chi connectivity index (χ1v) is 6.59. The zero-order valence-corrected chi connectivity index (χ0v) is 11.8. The molecule has 5 nitrogen and oxygen atoms in total. The number of hydrogen-bond acceptors (Lipinski definition) is 3. The van der Waals surface area contributed by atoms with E-state index in [1.54, 1.807) is 24.3 Å². The summed E-state index contributed by atoms with van der Waals surface area (Å²) in [5.41, 5.74) is 6.30. The molecule has 0 aliphatic carbocycles. The molecule has 0 aliphatic rings. The number of benzene rings is 1. The summed E-state index contributed by atoms with van der Waals surface area (Å²) in [7, 11) is 1.42. The topological polar surface area (TPSA) is 87.2 Å². The van der Waals surface area contributed by atoms with Crippen molar-refractivity contribution in [3.63, 3.8) is 0 Å². The smallest absolute Gasteiger partial charge is 0.249 e. The average molecular weight is 273 g/mol. The van der Waals surface area contributed by atoms with Gasteiger partial charge in [0.05, 0.1) is 5.92 Å². The van der Waals surface area contributed by atoms with Gasteiger partial charge in [-0.25, -0.2) is 0 Å². The monoisotopic (exact) mass is 273 g/mol. The number of amides is 2. The molecule has 0 spiro atoms. The molecule has 0 fully saturated rings. The van der Waals surface area contributed by atoms with E-state index >= 15 is 0 Å². The number of nitrogens with zero attached hydrogens (tertiary/aromatic N) is 2.